The lowest BCUT2D eigenvalue weighted by Crippen LogP contribution is -2.18. The molecule has 0 bridgehead atoms. The van der Waals surface area contributed by atoms with Crippen LogP contribution in [0.25, 0.3) is 17.1 Å². The molecule has 1 aliphatic rings. The molecular weight excluding hydrogens is 344 g/mol. The summed E-state index contributed by atoms with van der Waals surface area (Å²) >= 11 is 0. The molecule has 3 aromatic rings. The van der Waals surface area contributed by atoms with Crippen molar-refractivity contribution in [1.29, 1.82) is 0 Å². The number of benzene rings is 2. The van der Waals surface area contributed by atoms with Gasteiger partial charge in [0.2, 0.25) is 0 Å². The zero-order valence-electron chi connectivity index (χ0n) is 17.9. The molecule has 0 radical (unpaired) electrons. The van der Waals surface area contributed by atoms with Gasteiger partial charge in [-0.1, -0.05) is 44.5 Å². The minimum atomic E-state index is 0.0705. The van der Waals surface area contributed by atoms with Crippen LogP contribution in [0.3, 0.4) is 0 Å². The second kappa shape index (κ2) is 6.80. The van der Waals surface area contributed by atoms with Gasteiger partial charge in [-0.3, -0.25) is 4.57 Å². The predicted octanol–water partition coefficient (Wildman–Crippen LogP) is 6.09. The van der Waals surface area contributed by atoms with Crippen LogP contribution < -0.4 is 4.74 Å². The minimum Gasteiger partial charge on any atom is -0.493 e. The Morgan fingerprint density at radius 1 is 1.11 bits per heavy atom. The maximum absolute atomic E-state index is 5.91. The monoisotopic (exact) mass is 374 g/mol. The van der Waals surface area contributed by atoms with Gasteiger partial charge in [0.25, 0.3) is 0 Å². The molecule has 28 heavy (non-hydrogen) atoms. The van der Waals surface area contributed by atoms with Gasteiger partial charge in [0.1, 0.15) is 11.6 Å². The highest BCUT2D eigenvalue weighted by Crippen LogP contribution is 2.43. The summed E-state index contributed by atoms with van der Waals surface area (Å²) in [4.78, 5) is 4.86. The number of hydrogen-bond acceptors (Lipinski definition) is 2. The van der Waals surface area contributed by atoms with E-state index in [4.69, 9.17) is 9.72 Å². The van der Waals surface area contributed by atoms with Gasteiger partial charge in [-0.05, 0) is 55.4 Å². The van der Waals surface area contributed by atoms with E-state index in [2.05, 4.69) is 76.6 Å². The second-order valence-corrected chi connectivity index (χ2v) is 8.67. The maximum atomic E-state index is 5.91. The van der Waals surface area contributed by atoms with Crippen molar-refractivity contribution in [2.24, 2.45) is 0 Å². The van der Waals surface area contributed by atoms with Crippen molar-refractivity contribution in [3.63, 3.8) is 0 Å². The summed E-state index contributed by atoms with van der Waals surface area (Å²) in [6.45, 7) is 14.2. The molecule has 1 aliphatic heterocycles. The molecule has 3 nitrogen and oxygen atoms in total. The van der Waals surface area contributed by atoms with Crippen molar-refractivity contribution in [1.82, 2.24) is 9.55 Å². The number of nitrogens with zero attached hydrogens (tertiary/aromatic N) is 2. The SMILES string of the molecule is CCC(C)(C)c1ccc2c(c1-c1nccn1-c1c(C)cc(C)cc1C)CCO2. The number of hydrogen-bond donors (Lipinski definition) is 0. The fourth-order valence-electron chi connectivity index (χ4n) is 4.51. The van der Waals surface area contributed by atoms with Crippen LogP contribution >= 0.6 is 0 Å². The van der Waals surface area contributed by atoms with Crippen LogP contribution in [0, 0.1) is 20.8 Å². The molecule has 0 spiro atoms. The molecule has 4 rings (SSSR count). The third kappa shape index (κ3) is 2.94. The number of rotatable bonds is 4. The third-order valence-electron chi connectivity index (χ3n) is 6.23. The van der Waals surface area contributed by atoms with Crippen LogP contribution in [0.1, 0.15) is 55.0 Å². The first-order valence-electron chi connectivity index (χ1n) is 10.2. The molecule has 3 heteroatoms. The number of imidazole rings is 1. The molecule has 0 atom stereocenters. The Kier molecular flexibility index (Phi) is 4.57. The molecule has 2 aromatic carbocycles. The minimum absolute atomic E-state index is 0.0705. The summed E-state index contributed by atoms with van der Waals surface area (Å²) in [5.41, 5.74) is 9.06. The highest BCUT2D eigenvalue weighted by Gasteiger charge is 2.30. The first-order valence-corrected chi connectivity index (χ1v) is 10.2. The highest BCUT2D eigenvalue weighted by molar-refractivity contribution is 5.73. The van der Waals surface area contributed by atoms with Crippen molar-refractivity contribution >= 4 is 0 Å². The van der Waals surface area contributed by atoms with E-state index in [0.717, 1.165) is 31.0 Å². The Morgan fingerprint density at radius 3 is 2.50 bits per heavy atom. The van der Waals surface area contributed by atoms with Crippen molar-refractivity contribution in [3.05, 3.63) is 64.5 Å². The van der Waals surface area contributed by atoms with Gasteiger partial charge in [0, 0.05) is 29.9 Å². The van der Waals surface area contributed by atoms with Gasteiger partial charge in [0.15, 0.2) is 0 Å². The molecule has 146 valence electrons. The predicted molar refractivity (Wildman–Crippen MR) is 116 cm³/mol. The molecule has 2 heterocycles. The molecule has 0 saturated heterocycles. The molecule has 0 N–H and O–H groups in total. The molecule has 1 aromatic heterocycles. The number of fused-ring (bicyclic) bond motifs is 1. The second-order valence-electron chi connectivity index (χ2n) is 8.67. The Bertz CT molecular complexity index is 1020. The van der Waals surface area contributed by atoms with E-state index in [1.54, 1.807) is 0 Å². The molecule has 0 unspecified atom stereocenters. The van der Waals surface area contributed by atoms with Gasteiger partial charge in [-0.15, -0.1) is 0 Å². The standard InChI is InChI=1S/C25H30N2O/c1-7-25(5,6)20-8-9-21-19(10-13-28-21)22(20)24-26-11-12-27(24)23-17(3)14-16(2)15-18(23)4/h8-9,11-12,14-15H,7,10,13H2,1-6H3. The van der Waals surface area contributed by atoms with Gasteiger partial charge < -0.3 is 4.74 Å². The summed E-state index contributed by atoms with van der Waals surface area (Å²) < 4.78 is 8.18. The summed E-state index contributed by atoms with van der Waals surface area (Å²) in [5, 5.41) is 0. The summed E-state index contributed by atoms with van der Waals surface area (Å²) in [5.74, 6) is 2.03. The van der Waals surface area contributed by atoms with Crippen molar-refractivity contribution < 1.29 is 4.74 Å². The number of aryl methyl sites for hydroxylation is 3. The van der Waals surface area contributed by atoms with E-state index in [9.17, 15) is 0 Å². The van der Waals surface area contributed by atoms with Crippen molar-refractivity contribution in [2.45, 2.75) is 59.8 Å². The van der Waals surface area contributed by atoms with E-state index in [1.165, 1.54) is 39.1 Å². The largest absolute Gasteiger partial charge is 0.493 e. The average molecular weight is 375 g/mol. The fraction of sp³-hybridized carbons (Fsp3) is 0.400. The van der Waals surface area contributed by atoms with Crippen LogP contribution in [-0.2, 0) is 11.8 Å². The molecule has 0 fully saturated rings. The van der Waals surface area contributed by atoms with Gasteiger partial charge >= 0.3 is 0 Å². The topological polar surface area (TPSA) is 27.1 Å². The van der Waals surface area contributed by atoms with Gasteiger partial charge in [0.05, 0.1) is 12.3 Å². The zero-order chi connectivity index (χ0) is 20.1. The van der Waals surface area contributed by atoms with E-state index < -0.39 is 0 Å². The molecule has 0 aliphatic carbocycles. The summed E-state index contributed by atoms with van der Waals surface area (Å²) in [6.07, 6.45) is 6.03. The Hall–Kier alpha value is -2.55. The van der Waals surface area contributed by atoms with E-state index in [0.29, 0.717) is 0 Å². The number of aromatic nitrogens is 2. The molecule has 0 amide bonds. The molecular formula is C25H30N2O. The smallest absolute Gasteiger partial charge is 0.145 e. The first kappa shape index (κ1) is 18.8. The van der Waals surface area contributed by atoms with Crippen LogP contribution in [0.5, 0.6) is 5.75 Å². The van der Waals surface area contributed by atoms with Gasteiger partial charge in [-0.25, -0.2) is 4.98 Å². The van der Waals surface area contributed by atoms with Crippen LogP contribution in [-0.4, -0.2) is 16.2 Å². The quantitative estimate of drug-likeness (QED) is 0.553. The fourth-order valence-corrected chi connectivity index (χ4v) is 4.51. The van der Waals surface area contributed by atoms with Crippen LogP contribution in [0.15, 0.2) is 36.7 Å². The Morgan fingerprint density at radius 2 is 1.82 bits per heavy atom. The maximum Gasteiger partial charge on any atom is 0.145 e. The van der Waals surface area contributed by atoms with Crippen molar-refractivity contribution in [3.8, 4) is 22.8 Å². The van der Waals surface area contributed by atoms with E-state index in [1.807, 2.05) is 6.20 Å². The Balaban J connectivity index is 2.01. The molecule has 0 saturated carbocycles. The average Bonchev–Trinajstić information content (AvgIpc) is 3.29. The Labute approximate surface area is 168 Å². The van der Waals surface area contributed by atoms with Crippen LogP contribution in [0.2, 0.25) is 0 Å². The third-order valence-corrected chi connectivity index (χ3v) is 6.23. The summed E-state index contributed by atoms with van der Waals surface area (Å²) in [6, 6.07) is 8.90. The van der Waals surface area contributed by atoms with E-state index in [-0.39, 0.29) is 5.41 Å². The zero-order valence-corrected chi connectivity index (χ0v) is 17.9. The summed E-state index contributed by atoms with van der Waals surface area (Å²) in [7, 11) is 0. The van der Waals surface area contributed by atoms with Crippen LogP contribution in [0.4, 0.5) is 0 Å². The van der Waals surface area contributed by atoms with E-state index >= 15 is 0 Å². The first-order chi connectivity index (χ1) is 13.3. The lowest BCUT2D eigenvalue weighted by atomic mass is 9.78. The lowest BCUT2D eigenvalue weighted by molar-refractivity contribution is 0.356. The highest BCUT2D eigenvalue weighted by atomic mass is 16.5. The normalized spacial score (nSPS) is 13.5. The number of ether oxygens (including phenoxy) is 1. The van der Waals surface area contributed by atoms with Crippen molar-refractivity contribution in [2.75, 3.05) is 6.61 Å². The lowest BCUT2D eigenvalue weighted by Gasteiger charge is -2.28. The van der Waals surface area contributed by atoms with Gasteiger partial charge in [-0.2, -0.15) is 0 Å².